The van der Waals surface area contributed by atoms with Gasteiger partial charge in [-0.15, -0.1) is 0 Å². The van der Waals surface area contributed by atoms with E-state index in [1.54, 1.807) is 0 Å². The SMILES string of the molecule is CCC(C)c1ccc(-c2nc(C)oc2CCN)cc1. The van der Waals surface area contributed by atoms with Gasteiger partial charge in [-0.2, -0.15) is 0 Å². The van der Waals surface area contributed by atoms with E-state index in [0.717, 1.165) is 29.9 Å². The lowest BCUT2D eigenvalue weighted by atomic mass is 9.97. The molecule has 1 aromatic heterocycles. The van der Waals surface area contributed by atoms with E-state index in [1.807, 2.05) is 6.92 Å². The minimum atomic E-state index is 0.576. The quantitative estimate of drug-likeness (QED) is 0.890. The van der Waals surface area contributed by atoms with E-state index in [1.165, 1.54) is 5.56 Å². The Morgan fingerprint density at radius 2 is 1.95 bits per heavy atom. The number of nitrogens with two attached hydrogens (primary N) is 1. The molecule has 0 spiro atoms. The van der Waals surface area contributed by atoms with Gasteiger partial charge in [0.05, 0.1) is 0 Å². The van der Waals surface area contributed by atoms with Crippen LogP contribution in [0.1, 0.15) is 43.4 Å². The highest BCUT2D eigenvalue weighted by Crippen LogP contribution is 2.27. The topological polar surface area (TPSA) is 52.0 Å². The van der Waals surface area contributed by atoms with Crippen molar-refractivity contribution < 1.29 is 4.42 Å². The van der Waals surface area contributed by atoms with Crippen molar-refractivity contribution in [2.45, 2.75) is 39.5 Å². The molecule has 1 heterocycles. The van der Waals surface area contributed by atoms with Crippen molar-refractivity contribution >= 4 is 0 Å². The highest BCUT2D eigenvalue weighted by molar-refractivity contribution is 5.61. The lowest BCUT2D eigenvalue weighted by molar-refractivity contribution is 0.476. The number of aryl methyl sites for hydroxylation is 1. The van der Waals surface area contributed by atoms with E-state index in [9.17, 15) is 0 Å². The molecule has 3 heteroatoms. The van der Waals surface area contributed by atoms with Gasteiger partial charge in [0, 0.05) is 18.9 Å². The maximum absolute atomic E-state index is 5.62. The first-order valence-corrected chi connectivity index (χ1v) is 6.92. The molecule has 0 aliphatic heterocycles. The molecule has 1 aromatic carbocycles. The summed E-state index contributed by atoms with van der Waals surface area (Å²) < 4.78 is 5.62. The van der Waals surface area contributed by atoms with Crippen molar-refractivity contribution in [3.05, 3.63) is 41.5 Å². The van der Waals surface area contributed by atoms with E-state index in [2.05, 4.69) is 43.1 Å². The van der Waals surface area contributed by atoms with Gasteiger partial charge in [0.1, 0.15) is 11.5 Å². The zero-order valence-corrected chi connectivity index (χ0v) is 11.9. The Morgan fingerprint density at radius 1 is 1.26 bits per heavy atom. The summed E-state index contributed by atoms with van der Waals surface area (Å²) in [6, 6.07) is 8.61. The summed E-state index contributed by atoms with van der Waals surface area (Å²) in [7, 11) is 0. The third-order valence-electron chi connectivity index (χ3n) is 3.54. The van der Waals surface area contributed by atoms with Crippen LogP contribution in [-0.4, -0.2) is 11.5 Å². The number of rotatable bonds is 5. The molecule has 0 aliphatic carbocycles. The van der Waals surface area contributed by atoms with Crippen molar-refractivity contribution in [2.75, 3.05) is 6.54 Å². The normalized spacial score (nSPS) is 12.6. The van der Waals surface area contributed by atoms with Crippen molar-refractivity contribution in [3.63, 3.8) is 0 Å². The van der Waals surface area contributed by atoms with Crippen LogP contribution >= 0.6 is 0 Å². The van der Waals surface area contributed by atoms with Gasteiger partial charge < -0.3 is 10.2 Å². The molecule has 0 saturated heterocycles. The zero-order valence-electron chi connectivity index (χ0n) is 11.9. The molecule has 2 aromatic rings. The van der Waals surface area contributed by atoms with E-state index in [-0.39, 0.29) is 0 Å². The van der Waals surface area contributed by atoms with Gasteiger partial charge in [-0.05, 0) is 24.4 Å². The van der Waals surface area contributed by atoms with E-state index in [4.69, 9.17) is 10.2 Å². The summed E-state index contributed by atoms with van der Waals surface area (Å²) in [6.07, 6.45) is 1.88. The minimum absolute atomic E-state index is 0.576. The Morgan fingerprint density at radius 3 is 2.53 bits per heavy atom. The predicted molar refractivity (Wildman–Crippen MR) is 78.1 cm³/mol. The zero-order chi connectivity index (χ0) is 13.8. The van der Waals surface area contributed by atoms with E-state index < -0.39 is 0 Å². The molecule has 1 atom stereocenters. The van der Waals surface area contributed by atoms with Crippen LogP contribution in [0.25, 0.3) is 11.3 Å². The largest absolute Gasteiger partial charge is 0.445 e. The molecule has 3 nitrogen and oxygen atoms in total. The molecule has 102 valence electrons. The molecule has 0 saturated carbocycles. The highest BCUT2D eigenvalue weighted by atomic mass is 16.4. The molecule has 2 N–H and O–H groups in total. The second-order valence-electron chi connectivity index (χ2n) is 4.97. The number of hydrogen-bond acceptors (Lipinski definition) is 3. The summed E-state index contributed by atoms with van der Waals surface area (Å²) in [5, 5.41) is 0. The fraction of sp³-hybridized carbons (Fsp3) is 0.438. The number of hydrogen-bond donors (Lipinski definition) is 1. The molecule has 0 bridgehead atoms. The second kappa shape index (κ2) is 6.02. The average Bonchev–Trinajstić information content (AvgIpc) is 2.79. The van der Waals surface area contributed by atoms with Crippen molar-refractivity contribution in [3.8, 4) is 11.3 Å². The number of aromatic nitrogens is 1. The second-order valence-corrected chi connectivity index (χ2v) is 4.97. The van der Waals surface area contributed by atoms with Crippen LogP contribution in [0.3, 0.4) is 0 Å². The summed E-state index contributed by atoms with van der Waals surface area (Å²) in [4.78, 5) is 4.47. The number of oxazole rings is 1. The van der Waals surface area contributed by atoms with Crippen LogP contribution in [0, 0.1) is 6.92 Å². The first kappa shape index (κ1) is 13.8. The number of nitrogens with zero attached hydrogens (tertiary/aromatic N) is 1. The van der Waals surface area contributed by atoms with Gasteiger partial charge >= 0.3 is 0 Å². The fourth-order valence-electron chi connectivity index (χ4n) is 2.20. The predicted octanol–water partition coefficient (Wildman–Crippen LogP) is 3.66. The summed E-state index contributed by atoms with van der Waals surface area (Å²) in [6.45, 7) is 6.90. The first-order valence-electron chi connectivity index (χ1n) is 6.92. The monoisotopic (exact) mass is 258 g/mol. The third-order valence-corrected chi connectivity index (χ3v) is 3.54. The molecule has 2 rings (SSSR count). The molecule has 0 amide bonds. The average molecular weight is 258 g/mol. The van der Waals surface area contributed by atoms with Crippen molar-refractivity contribution in [2.24, 2.45) is 5.73 Å². The molecule has 19 heavy (non-hydrogen) atoms. The van der Waals surface area contributed by atoms with E-state index >= 15 is 0 Å². The number of benzene rings is 1. The van der Waals surface area contributed by atoms with Gasteiger partial charge in [-0.25, -0.2) is 4.98 Å². The third kappa shape index (κ3) is 3.04. The van der Waals surface area contributed by atoms with Gasteiger partial charge in [-0.3, -0.25) is 0 Å². The van der Waals surface area contributed by atoms with Gasteiger partial charge in [-0.1, -0.05) is 38.1 Å². The standard InChI is InChI=1S/C16H22N2O/c1-4-11(2)13-5-7-14(8-6-13)16-15(9-10-17)19-12(3)18-16/h5-8,11H,4,9-10,17H2,1-3H3. The van der Waals surface area contributed by atoms with Crippen molar-refractivity contribution in [1.29, 1.82) is 0 Å². The van der Waals surface area contributed by atoms with Crippen molar-refractivity contribution in [1.82, 2.24) is 4.98 Å². The Kier molecular flexibility index (Phi) is 4.38. The maximum Gasteiger partial charge on any atom is 0.191 e. The van der Waals surface area contributed by atoms with Gasteiger partial charge in [0.2, 0.25) is 0 Å². The summed E-state index contributed by atoms with van der Waals surface area (Å²) in [5.74, 6) is 2.18. The Bertz CT molecular complexity index is 528. The fourth-order valence-corrected chi connectivity index (χ4v) is 2.20. The smallest absolute Gasteiger partial charge is 0.191 e. The minimum Gasteiger partial charge on any atom is -0.445 e. The van der Waals surface area contributed by atoms with E-state index in [0.29, 0.717) is 18.4 Å². The van der Waals surface area contributed by atoms with Crippen LogP contribution in [0.5, 0.6) is 0 Å². The van der Waals surface area contributed by atoms with Gasteiger partial charge in [0.15, 0.2) is 5.89 Å². The maximum atomic E-state index is 5.62. The summed E-state index contributed by atoms with van der Waals surface area (Å²) in [5.41, 5.74) is 9.01. The van der Waals surface area contributed by atoms with Crippen LogP contribution in [0.4, 0.5) is 0 Å². The Hall–Kier alpha value is -1.61. The first-order chi connectivity index (χ1) is 9.15. The molecule has 0 fully saturated rings. The lowest BCUT2D eigenvalue weighted by Crippen LogP contribution is -2.02. The Labute approximate surface area is 114 Å². The van der Waals surface area contributed by atoms with Gasteiger partial charge in [0.25, 0.3) is 0 Å². The Balaban J connectivity index is 2.31. The molecular weight excluding hydrogens is 236 g/mol. The summed E-state index contributed by atoms with van der Waals surface area (Å²) >= 11 is 0. The highest BCUT2D eigenvalue weighted by Gasteiger charge is 2.12. The molecule has 1 unspecified atom stereocenters. The van der Waals surface area contributed by atoms with Crippen LogP contribution < -0.4 is 5.73 Å². The van der Waals surface area contributed by atoms with Crippen LogP contribution in [0.15, 0.2) is 28.7 Å². The lowest BCUT2D eigenvalue weighted by Gasteiger charge is -2.09. The van der Waals surface area contributed by atoms with Crippen LogP contribution in [-0.2, 0) is 6.42 Å². The molecule has 0 aliphatic rings. The molecular formula is C16H22N2O. The van der Waals surface area contributed by atoms with Crippen LogP contribution in [0.2, 0.25) is 0 Å². The molecule has 0 radical (unpaired) electrons.